The lowest BCUT2D eigenvalue weighted by molar-refractivity contribution is -0.132. The first kappa shape index (κ1) is 19.8. The molecule has 1 atom stereocenters. The molecule has 0 spiro atoms. The maximum Gasteiger partial charge on any atom is 0.300 e. The van der Waals surface area contributed by atoms with Gasteiger partial charge in [-0.1, -0.05) is 91.0 Å². The van der Waals surface area contributed by atoms with E-state index < -0.39 is 17.7 Å². The van der Waals surface area contributed by atoms with E-state index in [2.05, 4.69) is 0 Å². The van der Waals surface area contributed by atoms with Crippen molar-refractivity contribution in [2.45, 2.75) is 13.0 Å². The summed E-state index contributed by atoms with van der Waals surface area (Å²) >= 11 is 0. The van der Waals surface area contributed by atoms with E-state index >= 15 is 0 Å². The van der Waals surface area contributed by atoms with Gasteiger partial charge in [0.1, 0.15) is 5.76 Å². The van der Waals surface area contributed by atoms with Crippen LogP contribution in [0.15, 0.2) is 103 Å². The minimum absolute atomic E-state index is 0.0980. The van der Waals surface area contributed by atoms with Crippen molar-refractivity contribution in [1.82, 2.24) is 0 Å². The van der Waals surface area contributed by atoms with Crippen LogP contribution in [-0.2, 0) is 9.59 Å². The van der Waals surface area contributed by atoms with Crippen molar-refractivity contribution >= 4 is 33.9 Å². The van der Waals surface area contributed by atoms with Crippen molar-refractivity contribution in [2.24, 2.45) is 0 Å². The van der Waals surface area contributed by atoms with Gasteiger partial charge in [0, 0.05) is 11.3 Å². The lowest BCUT2D eigenvalue weighted by Gasteiger charge is -2.26. The fraction of sp³-hybridized carbons (Fsp3) is 0.0714. The minimum atomic E-state index is -0.726. The van der Waals surface area contributed by atoms with Gasteiger partial charge in [0.2, 0.25) is 0 Å². The van der Waals surface area contributed by atoms with E-state index in [1.54, 1.807) is 6.07 Å². The standard InChI is InChI=1S/C28H21NO3/c1-18-10-5-8-17-23(18)29-25(20-12-3-2-4-13-20)24(27(31)28(29)32)26(30)22-16-9-14-19-11-6-7-15-21(19)22/h2-17,25,30H,1H3/b26-24-. The molecule has 4 aromatic carbocycles. The minimum Gasteiger partial charge on any atom is -0.507 e. The largest absolute Gasteiger partial charge is 0.507 e. The van der Waals surface area contributed by atoms with Crippen LogP contribution in [0.5, 0.6) is 0 Å². The molecule has 156 valence electrons. The fourth-order valence-corrected chi connectivity index (χ4v) is 4.44. The van der Waals surface area contributed by atoms with E-state index in [4.69, 9.17) is 0 Å². The topological polar surface area (TPSA) is 57.6 Å². The third-order valence-electron chi connectivity index (χ3n) is 5.98. The number of nitrogens with zero attached hydrogens (tertiary/aromatic N) is 1. The van der Waals surface area contributed by atoms with Crippen molar-refractivity contribution in [3.63, 3.8) is 0 Å². The normalized spacial score (nSPS) is 17.8. The average molecular weight is 419 g/mol. The number of hydrogen-bond acceptors (Lipinski definition) is 3. The Balaban J connectivity index is 1.79. The Morgan fingerprint density at radius 3 is 2.22 bits per heavy atom. The molecular weight excluding hydrogens is 398 g/mol. The quantitative estimate of drug-likeness (QED) is 0.260. The van der Waals surface area contributed by atoms with Gasteiger partial charge < -0.3 is 5.11 Å². The summed E-state index contributed by atoms with van der Waals surface area (Å²) < 4.78 is 0. The predicted octanol–water partition coefficient (Wildman–Crippen LogP) is 5.77. The second-order valence-electron chi connectivity index (χ2n) is 7.89. The molecule has 0 bridgehead atoms. The summed E-state index contributed by atoms with van der Waals surface area (Å²) in [6.07, 6.45) is 0. The Labute approximate surface area is 186 Å². The second kappa shape index (κ2) is 7.82. The smallest absolute Gasteiger partial charge is 0.300 e. The third kappa shape index (κ3) is 3.08. The maximum atomic E-state index is 13.3. The number of fused-ring (bicyclic) bond motifs is 1. The fourth-order valence-electron chi connectivity index (χ4n) is 4.44. The van der Waals surface area contributed by atoms with Crippen molar-refractivity contribution in [3.8, 4) is 0 Å². The highest BCUT2D eigenvalue weighted by molar-refractivity contribution is 6.52. The van der Waals surface area contributed by atoms with Crippen molar-refractivity contribution in [2.75, 3.05) is 4.90 Å². The van der Waals surface area contributed by atoms with Gasteiger partial charge in [-0.2, -0.15) is 0 Å². The van der Waals surface area contributed by atoms with Gasteiger partial charge in [-0.3, -0.25) is 14.5 Å². The Morgan fingerprint density at radius 2 is 1.44 bits per heavy atom. The molecule has 1 aliphatic heterocycles. The summed E-state index contributed by atoms with van der Waals surface area (Å²) in [6.45, 7) is 1.90. The number of aryl methyl sites for hydroxylation is 1. The van der Waals surface area contributed by atoms with E-state index in [1.165, 1.54) is 4.90 Å². The van der Waals surface area contributed by atoms with Gasteiger partial charge in [-0.25, -0.2) is 0 Å². The number of ketones is 1. The summed E-state index contributed by atoms with van der Waals surface area (Å²) in [5.41, 5.74) is 2.92. The van der Waals surface area contributed by atoms with E-state index in [-0.39, 0.29) is 11.3 Å². The molecule has 1 fully saturated rings. The van der Waals surface area contributed by atoms with Crippen LogP contribution in [0.1, 0.15) is 22.7 Å². The van der Waals surface area contributed by atoms with Crippen LogP contribution in [-0.4, -0.2) is 16.8 Å². The molecule has 1 N–H and O–H groups in total. The number of aliphatic hydroxyl groups excluding tert-OH is 1. The van der Waals surface area contributed by atoms with Crippen molar-refractivity contribution < 1.29 is 14.7 Å². The van der Waals surface area contributed by atoms with Crippen LogP contribution in [0.4, 0.5) is 5.69 Å². The predicted molar refractivity (Wildman–Crippen MR) is 126 cm³/mol. The van der Waals surface area contributed by atoms with Crippen LogP contribution in [0.3, 0.4) is 0 Å². The third-order valence-corrected chi connectivity index (χ3v) is 5.98. The highest BCUT2D eigenvalue weighted by Gasteiger charge is 2.47. The van der Waals surface area contributed by atoms with Crippen LogP contribution >= 0.6 is 0 Å². The molecule has 0 radical (unpaired) electrons. The van der Waals surface area contributed by atoms with Crippen LogP contribution < -0.4 is 4.90 Å². The van der Waals surface area contributed by atoms with Crippen molar-refractivity contribution in [3.05, 3.63) is 119 Å². The molecule has 1 heterocycles. The first-order valence-electron chi connectivity index (χ1n) is 10.5. The number of aliphatic hydroxyl groups is 1. The number of anilines is 1. The Morgan fingerprint density at radius 1 is 0.781 bits per heavy atom. The summed E-state index contributed by atoms with van der Waals surface area (Å²) in [5.74, 6) is -1.49. The number of rotatable bonds is 3. The number of carbonyl (C=O) groups excluding carboxylic acids is 2. The van der Waals surface area contributed by atoms with Gasteiger partial charge in [0.05, 0.1) is 11.6 Å². The molecule has 0 saturated carbocycles. The zero-order valence-corrected chi connectivity index (χ0v) is 17.5. The van der Waals surface area contributed by atoms with Crippen molar-refractivity contribution in [1.29, 1.82) is 0 Å². The van der Waals surface area contributed by atoms with Gasteiger partial charge in [-0.05, 0) is 34.9 Å². The van der Waals surface area contributed by atoms with Gasteiger partial charge >= 0.3 is 0 Å². The van der Waals surface area contributed by atoms with E-state index in [9.17, 15) is 14.7 Å². The Bertz CT molecular complexity index is 1380. The molecule has 5 rings (SSSR count). The highest BCUT2D eigenvalue weighted by Crippen LogP contribution is 2.43. The molecule has 1 aliphatic rings. The van der Waals surface area contributed by atoms with Gasteiger partial charge in [0.25, 0.3) is 11.7 Å². The zero-order valence-electron chi connectivity index (χ0n) is 17.5. The summed E-state index contributed by atoms with van der Waals surface area (Å²) in [6, 6.07) is 29.3. The first-order chi connectivity index (χ1) is 15.6. The first-order valence-corrected chi connectivity index (χ1v) is 10.5. The molecule has 1 amide bonds. The maximum absolute atomic E-state index is 13.3. The molecule has 4 heteroatoms. The molecule has 32 heavy (non-hydrogen) atoms. The molecule has 4 aromatic rings. The summed E-state index contributed by atoms with van der Waals surface area (Å²) in [7, 11) is 0. The van der Waals surface area contributed by atoms with Crippen LogP contribution in [0, 0.1) is 6.92 Å². The average Bonchev–Trinajstić information content (AvgIpc) is 3.09. The van der Waals surface area contributed by atoms with Crippen LogP contribution in [0.2, 0.25) is 0 Å². The lowest BCUT2D eigenvalue weighted by atomic mass is 9.93. The summed E-state index contributed by atoms with van der Waals surface area (Å²) in [5, 5.41) is 13.2. The van der Waals surface area contributed by atoms with E-state index in [0.717, 1.165) is 21.9 Å². The second-order valence-corrected chi connectivity index (χ2v) is 7.89. The van der Waals surface area contributed by atoms with Gasteiger partial charge in [-0.15, -0.1) is 0 Å². The summed E-state index contributed by atoms with van der Waals surface area (Å²) in [4.78, 5) is 28.1. The molecule has 1 unspecified atom stereocenters. The Hall–Kier alpha value is -4.18. The van der Waals surface area contributed by atoms with Crippen LogP contribution in [0.25, 0.3) is 16.5 Å². The van der Waals surface area contributed by atoms with Gasteiger partial charge in [0.15, 0.2) is 0 Å². The number of Topliss-reactive ketones (excluding diaryl/α,β-unsaturated/α-hetero) is 1. The number of amides is 1. The number of carbonyl (C=O) groups is 2. The number of benzene rings is 4. The molecular formula is C28H21NO3. The molecule has 0 aromatic heterocycles. The lowest BCUT2D eigenvalue weighted by Crippen LogP contribution is -2.30. The SMILES string of the molecule is Cc1ccccc1N1C(=O)C(=O)/C(=C(\O)c2cccc3ccccc23)C1c1ccccc1. The highest BCUT2D eigenvalue weighted by atomic mass is 16.3. The molecule has 4 nitrogen and oxygen atoms in total. The molecule has 0 aliphatic carbocycles. The zero-order chi connectivity index (χ0) is 22.2. The number of hydrogen-bond donors (Lipinski definition) is 1. The molecule has 1 saturated heterocycles. The van der Waals surface area contributed by atoms with E-state index in [0.29, 0.717) is 11.3 Å². The van der Waals surface area contributed by atoms with E-state index in [1.807, 2.05) is 97.9 Å². The monoisotopic (exact) mass is 419 g/mol. The number of para-hydroxylation sites is 1. The Kier molecular flexibility index (Phi) is 4.83.